The Morgan fingerprint density at radius 2 is 1.05 bits per heavy atom. The molecule has 6 N–H and O–H groups in total. The fraction of sp³-hybridized carbons (Fsp3) is 1.00. The van der Waals surface area contributed by atoms with Gasteiger partial charge in [0.1, 0.15) is 0 Å². The summed E-state index contributed by atoms with van der Waals surface area (Å²) >= 11 is 0. The third-order valence-electron chi connectivity index (χ3n) is 1.30. The Labute approximate surface area is 152 Å². The normalized spacial score (nSPS) is 10.4. The number of halogens is 3. The summed E-state index contributed by atoms with van der Waals surface area (Å²) in [5.74, 6) is 0. The molecule has 12 nitrogen and oxygen atoms in total. The van der Waals surface area contributed by atoms with Crippen LogP contribution >= 0.6 is 0 Å². The van der Waals surface area contributed by atoms with Gasteiger partial charge in [0.2, 0.25) is 0 Å². The first-order valence-corrected chi connectivity index (χ1v) is 7.36. The van der Waals surface area contributed by atoms with E-state index >= 15 is 0 Å². The summed E-state index contributed by atoms with van der Waals surface area (Å²) in [6, 6.07) is 0. The molecule has 0 saturated carbocycles. The summed E-state index contributed by atoms with van der Waals surface area (Å²) in [6.45, 7) is 3.74. The standard InChI is InChI=1S/C6H16N4.2ClHO4.ClH.Pt/c7-1-4-10(5-2-8)6-3-9;2*2-1(3,4)5;;/h7-8H,1-6,9H2;2*(H,2,3,4,5);1H;/q-2;;;;+2/p-1. The van der Waals surface area contributed by atoms with Crippen molar-refractivity contribution in [2.75, 3.05) is 39.3 Å². The first kappa shape index (κ1) is 34.4. The minimum atomic E-state index is -4.69. The van der Waals surface area contributed by atoms with Crippen LogP contribution in [0, 0.1) is 20.5 Å². The SMILES string of the molecule is [Cl-].[NH-]CCN(CC[NH-])CCN.[O-][Cl+3]([O-])([O-])O.[O-][Cl+3]([O-])([O-])O.[Pt+2]. The van der Waals surface area contributed by atoms with Crippen LogP contribution in [0.3, 0.4) is 0 Å². The molecule has 0 fully saturated rings. The summed E-state index contributed by atoms with van der Waals surface area (Å²) < 4.78 is 65.4. The molecule has 0 unspecified atom stereocenters. The van der Waals surface area contributed by atoms with Gasteiger partial charge in [-0.2, -0.15) is 28.0 Å². The topological polar surface area (TPSA) is 256 Å². The monoisotopic (exact) mass is 574 g/mol. The number of hydrogen-bond donors (Lipinski definition) is 3. The van der Waals surface area contributed by atoms with Gasteiger partial charge in [-0.3, -0.25) is 0 Å². The Hall–Kier alpha value is 1.08. The van der Waals surface area contributed by atoms with Gasteiger partial charge in [-0.05, 0) is 13.1 Å². The molecule has 16 heteroatoms. The smallest absolute Gasteiger partial charge is 1.00 e. The molecule has 142 valence electrons. The molecule has 0 aliphatic rings. The molecule has 0 atom stereocenters. The predicted octanol–water partition coefficient (Wildman–Crippen LogP) is -10.9. The largest absolute Gasteiger partial charge is 2.00 e. The second kappa shape index (κ2) is 20.1. The van der Waals surface area contributed by atoms with Crippen LogP contribution < -0.4 is 46.1 Å². The van der Waals surface area contributed by atoms with Crippen molar-refractivity contribution < 1.29 is 91.2 Å². The molecule has 0 aromatic carbocycles. The Balaban J connectivity index is -0.0000000692. The van der Waals surface area contributed by atoms with E-state index in [1.54, 1.807) is 0 Å². The van der Waals surface area contributed by atoms with Crippen molar-refractivity contribution in [2.45, 2.75) is 0 Å². The number of rotatable bonds is 6. The van der Waals surface area contributed by atoms with Crippen LogP contribution in [-0.2, 0) is 21.1 Å². The number of nitrogens with zero attached hydrogens (tertiary/aromatic N) is 1. The maximum absolute atomic E-state index is 8.60. The molecular weight excluding hydrogens is 558 g/mol. The van der Waals surface area contributed by atoms with E-state index in [9.17, 15) is 0 Å². The van der Waals surface area contributed by atoms with Gasteiger partial charge < -0.3 is 34.5 Å². The molecular formula is C6H18Cl3N4O8Pt-. The Morgan fingerprint density at radius 1 is 0.818 bits per heavy atom. The summed E-state index contributed by atoms with van der Waals surface area (Å²) in [7, 11) is -9.39. The van der Waals surface area contributed by atoms with Crippen molar-refractivity contribution >= 4 is 0 Å². The molecule has 0 radical (unpaired) electrons. The zero-order valence-electron chi connectivity index (χ0n) is 11.1. The fourth-order valence-electron chi connectivity index (χ4n) is 0.834. The van der Waals surface area contributed by atoms with Crippen molar-refractivity contribution in [3.05, 3.63) is 11.5 Å². The van der Waals surface area contributed by atoms with Crippen molar-refractivity contribution in [1.82, 2.24) is 4.90 Å². The zero-order chi connectivity index (χ0) is 16.8. The molecule has 0 aliphatic carbocycles. The van der Waals surface area contributed by atoms with Crippen molar-refractivity contribution in [3.63, 3.8) is 0 Å². The van der Waals surface area contributed by atoms with Crippen LogP contribution in [0.5, 0.6) is 0 Å². The van der Waals surface area contributed by atoms with Gasteiger partial charge >= 0.3 is 21.1 Å². The summed E-state index contributed by atoms with van der Waals surface area (Å²) in [4.78, 5) is 2.04. The summed E-state index contributed by atoms with van der Waals surface area (Å²) in [6.07, 6.45) is 0. The van der Waals surface area contributed by atoms with Crippen LogP contribution in [0.15, 0.2) is 0 Å². The summed E-state index contributed by atoms with van der Waals surface area (Å²) in [5.41, 5.74) is 19.2. The van der Waals surface area contributed by atoms with Gasteiger partial charge in [-0.25, -0.2) is 0 Å². The minimum absolute atomic E-state index is 0. The van der Waals surface area contributed by atoms with Crippen LogP contribution in [0.1, 0.15) is 0 Å². The third-order valence-corrected chi connectivity index (χ3v) is 1.30. The van der Waals surface area contributed by atoms with Gasteiger partial charge in [-0.1, -0.05) is 0 Å². The maximum atomic E-state index is 8.60. The quantitative estimate of drug-likeness (QED) is 0.269. The second-order valence-electron chi connectivity index (χ2n) is 2.92. The van der Waals surface area contributed by atoms with E-state index in [0.29, 0.717) is 19.6 Å². The van der Waals surface area contributed by atoms with E-state index in [1.807, 2.05) is 4.90 Å². The Kier molecular flexibility index (Phi) is 31.5. The average Bonchev–Trinajstić information content (AvgIpc) is 2.13. The third kappa shape index (κ3) is 83.7. The van der Waals surface area contributed by atoms with Gasteiger partial charge in [0.05, 0.1) is 29.8 Å². The van der Waals surface area contributed by atoms with Gasteiger partial charge in [0.15, 0.2) is 0 Å². The molecule has 0 spiro atoms. The fourth-order valence-corrected chi connectivity index (χ4v) is 0.834. The Morgan fingerprint density at radius 3 is 1.18 bits per heavy atom. The molecule has 0 saturated heterocycles. The maximum Gasteiger partial charge on any atom is 2.00 e. The predicted molar refractivity (Wildman–Crippen MR) is 48.3 cm³/mol. The molecule has 0 heterocycles. The molecule has 0 aliphatic heterocycles. The van der Waals surface area contributed by atoms with Gasteiger partial charge in [0.25, 0.3) is 0 Å². The van der Waals surface area contributed by atoms with Gasteiger partial charge in [0, 0.05) is 13.1 Å². The van der Waals surface area contributed by atoms with Crippen molar-refractivity contribution in [2.24, 2.45) is 5.73 Å². The van der Waals surface area contributed by atoms with Crippen molar-refractivity contribution in [1.29, 1.82) is 0 Å². The van der Waals surface area contributed by atoms with Crippen LogP contribution in [-0.4, -0.2) is 53.5 Å². The van der Waals surface area contributed by atoms with E-state index in [4.69, 9.17) is 54.5 Å². The number of nitrogens with one attached hydrogen (secondary N) is 2. The van der Waals surface area contributed by atoms with Crippen LogP contribution in [0.4, 0.5) is 0 Å². The number of nitrogens with two attached hydrogens (primary N) is 1. The van der Waals surface area contributed by atoms with Crippen molar-refractivity contribution in [3.8, 4) is 0 Å². The molecule has 22 heavy (non-hydrogen) atoms. The number of hydrogen-bond acceptors (Lipinski definition) is 10. The van der Waals surface area contributed by atoms with Crippen LogP contribution in [0.25, 0.3) is 11.5 Å². The van der Waals surface area contributed by atoms with E-state index in [0.717, 1.165) is 19.6 Å². The minimum Gasteiger partial charge on any atom is -1.00 e. The van der Waals surface area contributed by atoms with E-state index in [1.165, 1.54) is 0 Å². The van der Waals surface area contributed by atoms with Gasteiger partial charge in [-0.15, -0.1) is 13.1 Å². The second-order valence-corrected chi connectivity index (χ2v) is 4.51. The van der Waals surface area contributed by atoms with E-state index in [-0.39, 0.29) is 33.5 Å². The first-order chi connectivity index (χ1) is 8.85. The Bertz CT molecular complexity index is 173. The molecule has 0 bridgehead atoms. The van der Waals surface area contributed by atoms with E-state index in [2.05, 4.69) is 0 Å². The first-order valence-electron chi connectivity index (χ1n) is 4.83. The molecule has 0 amide bonds. The molecule has 0 aromatic heterocycles. The molecule has 0 rings (SSSR count). The summed E-state index contributed by atoms with van der Waals surface area (Å²) in [5, 5.41) is 0. The van der Waals surface area contributed by atoms with Crippen LogP contribution in [0.2, 0.25) is 0 Å². The average molecular weight is 576 g/mol. The zero-order valence-corrected chi connectivity index (χ0v) is 15.6. The molecule has 0 aromatic rings. The van der Waals surface area contributed by atoms with E-state index < -0.39 is 20.5 Å².